The summed E-state index contributed by atoms with van der Waals surface area (Å²) >= 11 is 0. The van der Waals surface area contributed by atoms with Gasteiger partial charge in [-0.3, -0.25) is 4.90 Å². The van der Waals surface area contributed by atoms with Crippen molar-refractivity contribution >= 4 is 24.8 Å². The van der Waals surface area contributed by atoms with Crippen molar-refractivity contribution in [2.24, 2.45) is 0 Å². The van der Waals surface area contributed by atoms with Crippen molar-refractivity contribution in [2.45, 2.75) is 31.4 Å². The zero-order valence-electron chi connectivity index (χ0n) is 16.5. The first-order valence-corrected chi connectivity index (χ1v) is 9.66. The second kappa shape index (κ2) is 10.2. The molecule has 0 spiro atoms. The third kappa shape index (κ3) is 5.28. The summed E-state index contributed by atoms with van der Waals surface area (Å²) in [6.07, 6.45) is 1.54. The van der Waals surface area contributed by atoms with Crippen LogP contribution < -0.4 is 5.32 Å². The molecule has 1 saturated heterocycles. The second-order valence-corrected chi connectivity index (χ2v) is 7.74. The van der Waals surface area contributed by atoms with E-state index in [1.165, 1.54) is 23.3 Å². The Morgan fingerprint density at radius 3 is 2.10 bits per heavy atom. The average Bonchev–Trinajstić information content (AvgIpc) is 3.06. The van der Waals surface area contributed by atoms with Gasteiger partial charge in [-0.15, -0.1) is 24.8 Å². The lowest BCUT2D eigenvalue weighted by atomic mass is 9.93. The normalized spacial score (nSPS) is 19.0. The van der Waals surface area contributed by atoms with E-state index < -0.39 is 11.6 Å². The summed E-state index contributed by atoms with van der Waals surface area (Å²) in [5.74, 6) is -1.13. The smallest absolute Gasteiger partial charge is 0.126 e. The monoisotopic (exact) mass is 444 g/mol. The van der Waals surface area contributed by atoms with Crippen LogP contribution in [-0.2, 0) is 17.6 Å². The first-order chi connectivity index (χ1) is 13.1. The summed E-state index contributed by atoms with van der Waals surface area (Å²) in [4.78, 5) is 2.53. The number of fused-ring (bicyclic) bond motifs is 1. The first-order valence-electron chi connectivity index (χ1n) is 9.66. The van der Waals surface area contributed by atoms with Crippen molar-refractivity contribution in [1.29, 1.82) is 0 Å². The van der Waals surface area contributed by atoms with Gasteiger partial charge in [-0.1, -0.05) is 24.3 Å². The van der Waals surface area contributed by atoms with Gasteiger partial charge in [-0.2, -0.15) is 0 Å². The van der Waals surface area contributed by atoms with Gasteiger partial charge in [0, 0.05) is 32.2 Å². The van der Waals surface area contributed by atoms with Crippen molar-refractivity contribution in [3.8, 4) is 0 Å². The molecule has 4 rings (SSSR count). The Morgan fingerprint density at radius 2 is 1.55 bits per heavy atom. The van der Waals surface area contributed by atoms with Crippen LogP contribution in [0.4, 0.5) is 8.78 Å². The molecule has 0 saturated carbocycles. The van der Waals surface area contributed by atoms with Gasteiger partial charge in [0.25, 0.3) is 0 Å². The van der Waals surface area contributed by atoms with E-state index in [2.05, 4.69) is 34.5 Å². The van der Waals surface area contributed by atoms with Crippen LogP contribution in [-0.4, -0.2) is 43.2 Å². The van der Waals surface area contributed by atoms with Gasteiger partial charge in [0.05, 0.1) is 18.2 Å². The lowest BCUT2D eigenvalue weighted by Crippen LogP contribution is -2.59. The summed E-state index contributed by atoms with van der Waals surface area (Å²) in [7, 11) is 0. The Balaban J connectivity index is 0.00000150. The molecule has 0 radical (unpaired) electrons. The molecule has 1 atom stereocenters. The Labute approximate surface area is 183 Å². The molecular weight excluding hydrogens is 417 g/mol. The zero-order valence-corrected chi connectivity index (χ0v) is 18.1. The molecule has 2 aromatic rings. The van der Waals surface area contributed by atoms with E-state index >= 15 is 0 Å². The highest BCUT2D eigenvalue weighted by Gasteiger charge is 2.43. The Bertz CT molecular complexity index is 770. The van der Waals surface area contributed by atoms with Crippen LogP contribution >= 0.6 is 24.8 Å². The van der Waals surface area contributed by atoms with Gasteiger partial charge in [0.1, 0.15) is 11.6 Å². The van der Waals surface area contributed by atoms with E-state index in [1.807, 2.05) is 6.92 Å². The quantitative estimate of drug-likeness (QED) is 0.742. The number of nitrogens with zero attached hydrogens (tertiary/aromatic N) is 1. The SMILES string of the molecule is C[C@H](OCC1(N2CCNCC2)Cc2ccccc2C1)c1cc(F)cc(F)c1.Cl.Cl. The van der Waals surface area contributed by atoms with E-state index in [-0.39, 0.29) is 36.5 Å². The topological polar surface area (TPSA) is 24.5 Å². The number of rotatable bonds is 5. The second-order valence-electron chi connectivity index (χ2n) is 7.74. The van der Waals surface area contributed by atoms with Crippen molar-refractivity contribution in [3.05, 3.63) is 70.8 Å². The number of nitrogens with one attached hydrogen (secondary N) is 1. The Hall–Kier alpha value is -1.24. The molecule has 1 aliphatic heterocycles. The predicted molar refractivity (Wildman–Crippen MR) is 116 cm³/mol. The summed E-state index contributed by atoms with van der Waals surface area (Å²) < 4.78 is 33.3. The lowest BCUT2D eigenvalue weighted by Gasteiger charge is -2.44. The summed E-state index contributed by atoms with van der Waals surface area (Å²) in [5.41, 5.74) is 3.21. The standard InChI is InChI=1S/C22H26F2N2O.2ClH/c1-16(19-10-20(23)12-21(24)11-19)27-15-22(26-8-6-25-7-9-26)13-17-4-2-3-5-18(17)14-22;;/h2-5,10-12,16,25H,6-9,13-15H2,1H3;2*1H/t16-;;/m0../s1. The molecule has 1 fully saturated rings. The maximum atomic E-state index is 13.6. The van der Waals surface area contributed by atoms with Crippen molar-refractivity contribution in [3.63, 3.8) is 0 Å². The highest BCUT2D eigenvalue weighted by Crippen LogP contribution is 2.36. The van der Waals surface area contributed by atoms with Gasteiger partial charge in [-0.25, -0.2) is 8.78 Å². The maximum absolute atomic E-state index is 13.6. The van der Waals surface area contributed by atoms with Crippen LogP contribution in [0.25, 0.3) is 0 Å². The third-order valence-corrected chi connectivity index (χ3v) is 5.90. The highest BCUT2D eigenvalue weighted by atomic mass is 35.5. The molecule has 2 aliphatic rings. The fourth-order valence-electron chi connectivity index (χ4n) is 4.42. The van der Waals surface area contributed by atoms with Crippen LogP contribution in [0.2, 0.25) is 0 Å². The molecule has 0 amide bonds. The summed E-state index contributed by atoms with van der Waals surface area (Å²) in [5, 5.41) is 3.41. The maximum Gasteiger partial charge on any atom is 0.126 e. The van der Waals surface area contributed by atoms with Gasteiger partial charge < -0.3 is 10.1 Å². The zero-order chi connectivity index (χ0) is 18.9. The van der Waals surface area contributed by atoms with E-state index in [4.69, 9.17) is 4.74 Å². The molecule has 0 unspecified atom stereocenters. The molecule has 0 aromatic heterocycles. The van der Waals surface area contributed by atoms with Gasteiger partial charge in [-0.05, 0) is 48.6 Å². The van der Waals surface area contributed by atoms with Crippen LogP contribution in [0.5, 0.6) is 0 Å². The fourth-order valence-corrected chi connectivity index (χ4v) is 4.42. The van der Waals surface area contributed by atoms with E-state index in [9.17, 15) is 8.78 Å². The van der Waals surface area contributed by atoms with E-state index in [0.717, 1.165) is 45.1 Å². The third-order valence-electron chi connectivity index (χ3n) is 5.90. The number of piperazine rings is 1. The number of benzene rings is 2. The van der Waals surface area contributed by atoms with Crippen LogP contribution in [0.15, 0.2) is 42.5 Å². The summed E-state index contributed by atoms with van der Waals surface area (Å²) in [6, 6.07) is 12.2. The molecular formula is C22H28Cl2F2N2O. The fraction of sp³-hybridized carbons (Fsp3) is 0.455. The highest BCUT2D eigenvalue weighted by molar-refractivity contribution is 5.85. The first kappa shape index (κ1) is 24.0. The van der Waals surface area contributed by atoms with E-state index in [1.54, 1.807) is 0 Å². The molecule has 1 aliphatic carbocycles. The number of hydrogen-bond donors (Lipinski definition) is 1. The van der Waals surface area contributed by atoms with Crippen LogP contribution in [0.1, 0.15) is 29.7 Å². The minimum absolute atomic E-state index is 0. The average molecular weight is 445 g/mol. The molecule has 3 nitrogen and oxygen atoms in total. The van der Waals surface area contributed by atoms with Crippen LogP contribution in [0.3, 0.4) is 0 Å². The minimum Gasteiger partial charge on any atom is -0.372 e. The van der Waals surface area contributed by atoms with Crippen molar-refractivity contribution in [1.82, 2.24) is 10.2 Å². The number of halogens is 4. The molecule has 1 N–H and O–H groups in total. The van der Waals surface area contributed by atoms with Crippen LogP contribution in [0, 0.1) is 11.6 Å². The molecule has 1 heterocycles. The molecule has 0 bridgehead atoms. The van der Waals surface area contributed by atoms with Gasteiger partial charge in [0.2, 0.25) is 0 Å². The Kier molecular flexibility index (Phi) is 8.44. The number of hydrogen-bond acceptors (Lipinski definition) is 3. The van der Waals surface area contributed by atoms with E-state index in [0.29, 0.717) is 12.2 Å². The van der Waals surface area contributed by atoms with Gasteiger partial charge >= 0.3 is 0 Å². The molecule has 160 valence electrons. The Morgan fingerprint density at radius 1 is 1.00 bits per heavy atom. The largest absolute Gasteiger partial charge is 0.372 e. The number of ether oxygens (including phenoxy) is 1. The molecule has 7 heteroatoms. The van der Waals surface area contributed by atoms with Crippen molar-refractivity contribution in [2.75, 3.05) is 32.8 Å². The molecule has 29 heavy (non-hydrogen) atoms. The van der Waals surface area contributed by atoms with Crippen molar-refractivity contribution < 1.29 is 13.5 Å². The predicted octanol–water partition coefficient (Wildman–Crippen LogP) is 4.33. The summed E-state index contributed by atoms with van der Waals surface area (Å²) in [6.45, 7) is 6.33. The lowest BCUT2D eigenvalue weighted by molar-refractivity contribution is -0.0380. The minimum atomic E-state index is -0.564. The van der Waals surface area contributed by atoms with Gasteiger partial charge in [0.15, 0.2) is 0 Å². The molecule has 2 aromatic carbocycles.